The minimum absolute atomic E-state index is 0.299. The molecule has 0 unspecified atom stereocenters. The van der Waals surface area contributed by atoms with Crippen molar-refractivity contribution in [2.45, 2.75) is 39.5 Å². The molecule has 5 heteroatoms. The van der Waals surface area contributed by atoms with E-state index in [2.05, 4.69) is 60.6 Å². The molecule has 1 aliphatic rings. The van der Waals surface area contributed by atoms with E-state index in [1.54, 1.807) is 11.3 Å². The summed E-state index contributed by atoms with van der Waals surface area (Å²) in [6.07, 6.45) is 0.597. The van der Waals surface area contributed by atoms with E-state index in [1.165, 1.54) is 5.56 Å². The maximum Gasteiger partial charge on any atom is 0.187 e. The van der Waals surface area contributed by atoms with Gasteiger partial charge in [-0.05, 0) is 32.9 Å². The molecule has 0 saturated carbocycles. The third-order valence-corrected chi connectivity index (χ3v) is 4.54. The topological polar surface area (TPSA) is 37.4 Å². The highest BCUT2D eigenvalue weighted by Crippen LogP contribution is 2.23. The molecule has 0 aliphatic carbocycles. The van der Waals surface area contributed by atoms with Crippen LogP contribution in [-0.2, 0) is 11.3 Å². The molecule has 1 aliphatic heterocycles. The van der Waals surface area contributed by atoms with E-state index < -0.39 is 0 Å². The molecule has 0 radical (unpaired) electrons. The van der Waals surface area contributed by atoms with Gasteiger partial charge >= 0.3 is 0 Å². The smallest absolute Gasteiger partial charge is 0.187 e. The zero-order chi connectivity index (χ0) is 15.5. The van der Waals surface area contributed by atoms with Crippen molar-refractivity contribution < 1.29 is 4.74 Å². The summed E-state index contributed by atoms with van der Waals surface area (Å²) in [6, 6.07) is 8.38. The van der Waals surface area contributed by atoms with Crippen molar-refractivity contribution in [2.24, 2.45) is 0 Å². The molecule has 0 spiro atoms. The maximum absolute atomic E-state index is 5.78. The lowest BCUT2D eigenvalue weighted by molar-refractivity contribution is -0.0707. The number of hydrogen-bond donors (Lipinski definition) is 1. The van der Waals surface area contributed by atoms with Crippen LogP contribution in [0.25, 0.3) is 0 Å². The molecular formula is C17H23N3OS. The van der Waals surface area contributed by atoms with Gasteiger partial charge in [0.25, 0.3) is 0 Å². The number of benzene rings is 1. The summed E-state index contributed by atoms with van der Waals surface area (Å²) in [5.41, 5.74) is 3.47. The first-order chi connectivity index (χ1) is 10.6. The number of nitrogens with one attached hydrogen (secondary N) is 1. The highest BCUT2D eigenvalue weighted by atomic mass is 32.1. The van der Waals surface area contributed by atoms with Crippen LogP contribution < -0.4 is 5.32 Å². The Labute approximate surface area is 136 Å². The lowest BCUT2D eigenvalue weighted by atomic mass is 10.2. The van der Waals surface area contributed by atoms with Crippen LogP contribution in [0.5, 0.6) is 0 Å². The fourth-order valence-electron chi connectivity index (χ4n) is 2.84. The Morgan fingerprint density at radius 2 is 1.91 bits per heavy atom. The molecule has 1 aromatic heterocycles. The fraction of sp³-hybridized carbons (Fsp3) is 0.471. The third-order valence-electron chi connectivity index (χ3n) is 3.74. The number of morpholine rings is 1. The van der Waals surface area contributed by atoms with Gasteiger partial charge in [0.1, 0.15) is 0 Å². The molecule has 2 aromatic rings. The molecule has 1 fully saturated rings. The number of aromatic nitrogens is 1. The van der Waals surface area contributed by atoms with Crippen molar-refractivity contribution >= 4 is 22.2 Å². The Morgan fingerprint density at radius 1 is 1.23 bits per heavy atom. The monoisotopic (exact) mass is 317 g/mol. The lowest BCUT2D eigenvalue weighted by Crippen LogP contribution is -2.44. The number of rotatable bonds is 4. The molecule has 0 bridgehead atoms. The average Bonchev–Trinajstić information content (AvgIpc) is 2.87. The molecule has 3 rings (SSSR count). The normalized spacial score (nSPS) is 22.7. The summed E-state index contributed by atoms with van der Waals surface area (Å²) in [4.78, 5) is 7.12. The number of anilines is 2. The quantitative estimate of drug-likeness (QED) is 0.930. The van der Waals surface area contributed by atoms with Crippen molar-refractivity contribution in [1.29, 1.82) is 0 Å². The second-order valence-electron chi connectivity index (χ2n) is 6.09. The highest BCUT2D eigenvalue weighted by molar-refractivity contribution is 7.13. The van der Waals surface area contributed by atoms with Crippen molar-refractivity contribution in [3.8, 4) is 0 Å². The van der Waals surface area contributed by atoms with Gasteiger partial charge in [-0.1, -0.05) is 17.7 Å². The summed E-state index contributed by atoms with van der Waals surface area (Å²) >= 11 is 1.66. The second kappa shape index (κ2) is 6.77. The van der Waals surface area contributed by atoms with Gasteiger partial charge in [0, 0.05) is 30.7 Å². The third kappa shape index (κ3) is 4.06. The van der Waals surface area contributed by atoms with E-state index in [1.807, 2.05) is 0 Å². The average molecular weight is 317 g/mol. The minimum atomic E-state index is 0.299. The van der Waals surface area contributed by atoms with Crippen LogP contribution in [0.1, 0.15) is 25.1 Å². The largest absolute Gasteiger partial charge is 0.373 e. The Morgan fingerprint density at radius 3 is 2.59 bits per heavy atom. The fourth-order valence-corrected chi connectivity index (χ4v) is 3.56. The summed E-state index contributed by atoms with van der Waals surface area (Å²) < 4.78 is 5.78. The first kappa shape index (κ1) is 15.5. The van der Waals surface area contributed by atoms with Gasteiger partial charge in [0.05, 0.1) is 17.9 Å². The summed E-state index contributed by atoms with van der Waals surface area (Å²) in [5.74, 6) is 0. The van der Waals surface area contributed by atoms with Gasteiger partial charge in [0.15, 0.2) is 5.13 Å². The number of thiazole rings is 1. The van der Waals surface area contributed by atoms with E-state index in [4.69, 9.17) is 9.72 Å². The van der Waals surface area contributed by atoms with E-state index in [0.29, 0.717) is 12.2 Å². The van der Waals surface area contributed by atoms with Gasteiger partial charge in [-0.15, -0.1) is 11.3 Å². The predicted octanol–water partition coefficient (Wildman–Crippen LogP) is 3.80. The molecular weight excluding hydrogens is 294 g/mol. The van der Waals surface area contributed by atoms with E-state index >= 15 is 0 Å². The SMILES string of the molecule is Cc1ccc(Nc2nc(CN3C[C@H](C)O[C@@H](C)C3)cs2)cc1. The second-order valence-corrected chi connectivity index (χ2v) is 6.94. The van der Waals surface area contributed by atoms with Gasteiger partial charge in [0.2, 0.25) is 0 Å². The highest BCUT2D eigenvalue weighted by Gasteiger charge is 2.22. The first-order valence-electron chi connectivity index (χ1n) is 7.74. The molecule has 1 saturated heterocycles. The number of nitrogens with zero attached hydrogens (tertiary/aromatic N) is 2. The molecule has 0 amide bonds. The van der Waals surface area contributed by atoms with Crippen LogP contribution in [0.15, 0.2) is 29.6 Å². The van der Waals surface area contributed by atoms with Crippen molar-refractivity contribution in [1.82, 2.24) is 9.88 Å². The Balaban J connectivity index is 1.60. The molecule has 1 aromatic carbocycles. The Kier molecular flexibility index (Phi) is 4.76. The van der Waals surface area contributed by atoms with Gasteiger partial charge in [-0.3, -0.25) is 4.90 Å². The Hall–Kier alpha value is -1.43. The molecule has 118 valence electrons. The molecule has 1 N–H and O–H groups in total. The molecule has 22 heavy (non-hydrogen) atoms. The van der Waals surface area contributed by atoms with Crippen molar-refractivity contribution in [2.75, 3.05) is 18.4 Å². The summed E-state index contributed by atoms with van der Waals surface area (Å²) in [7, 11) is 0. The van der Waals surface area contributed by atoms with Crippen LogP contribution in [0.2, 0.25) is 0 Å². The Bertz CT molecular complexity index is 601. The molecule has 4 nitrogen and oxygen atoms in total. The van der Waals surface area contributed by atoms with Crippen molar-refractivity contribution in [3.63, 3.8) is 0 Å². The number of aryl methyl sites for hydroxylation is 1. The first-order valence-corrected chi connectivity index (χ1v) is 8.62. The van der Waals surface area contributed by atoms with E-state index in [-0.39, 0.29) is 0 Å². The number of ether oxygens (including phenoxy) is 1. The summed E-state index contributed by atoms with van der Waals surface area (Å²) in [5, 5.41) is 6.46. The van der Waals surface area contributed by atoms with Crippen LogP contribution in [0.4, 0.5) is 10.8 Å². The number of hydrogen-bond acceptors (Lipinski definition) is 5. The molecule has 2 atom stereocenters. The van der Waals surface area contributed by atoms with E-state index in [9.17, 15) is 0 Å². The predicted molar refractivity (Wildman–Crippen MR) is 91.9 cm³/mol. The van der Waals surface area contributed by atoms with Gasteiger partial charge in [-0.2, -0.15) is 0 Å². The molecule has 2 heterocycles. The minimum Gasteiger partial charge on any atom is -0.373 e. The van der Waals surface area contributed by atoms with E-state index in [0.717, 1.165) is 36.1 Å². The lowest BCUT2D eigenvalue weighted by Gasteiger charge is -2.34. The van der Waals surface area contributed by atoms with Crippen molar-refractivity contribution in [3.05, 3.63) is 40.9 Å². The standard InChI is InChI=1S/C17H23N3OS/c1-12-4-6-15(7-5-12)18-17-19-16(11-22-17)10-20-8-13(2)21-14(3)9-20/h4-7,11,13-14H,8-10H2,1-3H3,(H,18,19)/t13-,14-/m0/s1. The zero-order valence-corrected chi connectivity index (χ0v) is 14.2. The van der Waals surface area contributed by atoms with Crippen LogP contribution in [0, 0.1) is 6.92 Å². The van der Waals surface area contributed by atoms with Gasteiger partial charge in [-0.25, -0.2) is 4.98 Å². The van der Waals surface area contributed by atoms with Crippen LogP contribution in [-0.4, -0.2) is 35.2 Å². The summed E-state index contributed by atoms with van der Waals surface area (Å²) in [6.45, 7) is 9.20. The van der Waals surface area contributed by atoms with Crippen LogP contribution >= 0.6 is 11.3 Å². The van der Waals surface area contributed by atoms with Crippen LogP contribution in [0.3, 0.4) is 0 Å². The zero-order valence-electron chi connectivity index (χ0n) is 13.4. The van der Waals surface area contributed by atoms with Gasteiger partial charge < -0.3 is 10.1 Å². The maximum atomic E-state index is 5.78.